The molecule has 0 aliphatic carbocycles. The third kappa shape index (κ3) is 5.43. The monoisotopic (exact) mass is 436 g/mol. The molecule has 1 aromatic carbocycles. The number of anilines is 1. The van der Waals surface area contributed by atoms with Crippen molar-refractivity contribution in [2.45, 2.75) is 6.18 Å². The maximum Gasteiger partial charge on any atom is 0.417 e. The number of halogens is 5. The van der Waals surface area contributed by atoms with Crippen LogP contribution in [0.5, 0.6) is 0 Å². The Kier molecular flexibility index (Phi) is 6.02. The Bertz CT molecular complexity index is 815. The van der Waals surface area contributed by atoms with Gasteiger partial charge in [-0.1, -0.05) is 33.6 Å². The summed E-state index contributed by atoms with van der Waals surface area (Å²) < 4.78 is 43.0. The number of pyridine rings is 1. The van der Waals surface area contributed by atoms with Gasteiger partial charge < -0.3 is 10.1 Å². The summed E-state index contributed by atoms with van der Waals surface area (Å²) in [6, 6.07) is 6.97. The highest BCUT2D eigenvalue weighted by atomic mass is 79.9. The number of rotatable bonds is 4. The molecular formula is C15H9BrClF3N2O3. The smallest absolute Gasteiger partial charge is 0.417 e. The quantitative estimate of drug-likeness (QED) is 0.724. The van der Waals surface area contributed by atoms with Gasteiger partial charge in [0.1, 0.15) is 0 Å². The molecule has 0 bridgehead atoms. The van der Waals surface area contributed by atoms with E-state index < -0.39 is 30.2 Å². The van der Waals surface area contributed by atoms with Crippen LogP contribution in [0.2, 0.25) is 5.02 Å². The summed E-state index contributed by atoms with van der Waals surface area (Å²) in [5.41, 5.74) is -0.815. The van der Waals surface area contributed by atoms with E-state index >= 15 is 0 Å². The lowest BCUT2D eigenvalue weighted by atomic mass is 10.2. The van der Waals surface area contributed by atoms with E-state index in [1.165, 1.54) is 12.1 Å². The molecule has 0 aliphatic heterocycles. The molecule has 0 aliphatic rings. The highest BCUT2D eigenvalue weighted by molar-refractivity contribution is 9.10. The fraction of sp³-hybridized carbons (Fsp3) is 0.133. The Balaban J connectivity index is 1.95. The van der Waals surface area contributed by atoms with Crippen LogP contribution in [0.4, 0.5) is 19.0 Å². The van der Waals surface area contributed by atoms with Crippen molar-refractivity contribution >= 4 is 45.2 Å². The Morgan fingerprint density at radius 1 is 1.28 bits per heavy atom. The third-order valence-electron chi connectivity index (χ3n) is 2.82. The zero-order valence-electron chi connectivity index (χ0n) is 12.2. The molecule has 1 aromatic heterocycles. The van der Waals surface area contributed by atoms with Crippen LogP contribution < -0.4 is 5.32 Å². The van der Waals surface area contributed by atoms with Gasteiger partial charge in [0.15, 0.2) is 12.4 Å². The van der Waals surface area contributed by atoms with Crippen molar-refractivity contribution in [1.82, 2.24) is 4.98 Å². The third-order valence-corrected chi connectivity index (χ3v) is 3.60. The normalized spacial score (nSPS) is 11.1. The lowest BCUT2D eigenvalue weighted by Crippen LogP contribution is -2.22. The second kappa shape index (κ2) is 7.83. The predicted octanol–water partition coefficient (Wildman–Crippen LogP) is 4.31. The van der Waals surface area contributed by atoms with E-state index in [0.717, 1.165) is 0 Å². The van der Waals surface area contributed by atoms with Crippen molar-refractivity contribution in [3.05, 3.63) is 57.2 Å². The van der Waals surface area contributed by atoms with Gasteiger partial charge >= 0.3 is 12.1 Å². The van der Waals surface area contributed by atoms with Crippen molar-refractivity contribution < 1.29 is 27.5 Å². The molecule has 1 heterocycles. The number of carbonyl (C=O) groups is 2. The van der Waals surface area contributed by atoms with Gasteiger partial charge in [0.05, 0.1) is 16.1 Å². The minimum atomic E-state index is -4.60. The Morgan fingerprint density at radius 2 is 2.00 bits per heavy atom. The van der Waals surface area contributed by atoms with Crippen molar-refractivity contribution in [3.8, 4) is 0 Å². The first-order valence-corrected chi connectivity index (χ1v) is 7.79. The largest absolute Gasteiger partial charge is 0.452 e. The lowest BCUT2D eigenvalue weighted by molar-refractivity contribution is -0.137. The molecule has 0 saturated carbocycles. The van der Waals surface area contributed by atoms with E-state index in [1.54, 1.807) is 12.1 Å². The fourth-order valence-electron chi connectivity index (χ4n) is 1.68. The number of esters is 1. The molecule has 1 amide bonds. The van der Waals surface area contributed by atoms with Gasteiger partial charge in [0.2, 0.25) is 0 Å². The van der Waals surface area contributed by atoms with Gasteiger partial charge in [-0.2, -0.15) is 13.2 Å². The van der Waals surface area contributed by atoms with Crippen LogP contribution in [0.15, 0.2) is 41.0 Å². The van der Waals surface area contributed by atoms with E-state index in [1.807, 2.05) is 0 Å². The first-order chi connectivity index (χ1) is 11.7. The second-order valence-electron chi connectivity index (χ2n) is 4.69. The Hall–Kier alpha value is -2.13. The summed E-state index contributed by atoms with van der Waals surface area (Å²) in [7, 11) is 0. The minimum absolute atomic E-state index is 0.230. The van der Waals surface area contributed by atoms with Gasteiger partial charge in [-0.05, 0) is 24.3 Å². The number of hydrogen-bond donors (Lipinski definition) is 1. The van der Waals surface area contributed by atoms with Crippen LogP contribution >= 0.6 is 27.5 Å². The van der Waals surface area contributed by atoms with Crippen LogP contribution in [-0.4, -0.2) is 23.5 Å². The van der Waals surface area contributed by atoms with Crippen LogP contribution in [0.1, 0.15) is 15.9 Å². The molecule has 0 fully saturated rings. The standard InChI is InChI=1S/C15H9BrClF3N2O3/c16-10-3-1-2-8(4-10)14(24)25-7-12(23)22-13-11(17)5-9(6-21-13)15(18,19)20/h1-6H,7H2,(H,21,22,23). The van der Waals surface area contributed by atoms with Crippen LogP contribution in [-0.2, 0) is 15.7 Å². The molecule has 0 unspecified atom stereocenters. The zero-order valence-corrected chi connectivity index (χ0v) is 14.6. The van der Waals surface area contributed by atoms with E-state index in [2.05, 4.69) is 26.2 Å². The molecule has 0 atom stereocenters. The Morgan fingerprint density at radius 3 is 2.60 bits per heavy atom. The molecule has 0 radical (unpaired) electrons. The number of hydrogen-bond acceptors (Lipinski definition) is 4. The van der Waals surface area contributed by atoms with Crippen LogP contribution in [0.3, 0.4) is 0 Å². The zero-order chi connectivity index (χ0) is 18.6. The van der Waals surface area contributed by atoms with E-state index in [4.69, 9.17) is 16.3 Å². The SMILES string of the molecule is O=C(COC(=O)c1cccc(Br)c1)Nc1ncc(C(F)(F)F)cc1Cl. The minimum Gasteiger partial charge on any atom is -0.452 e. The van der Waals surface area contributed by atoms with Gasteiger partial charge in [-0.15, -0.1) is 0 Å². The van der Waals surface area contributed by atoms with Gasteiger partial charge in [-0.3, -0.25) is 4.79 Å². The molecular weight excluding hydrogens is 429 g/mol. The number of amides is 1. The van der Waals surface area contributed by atoms with E-state index in [9.17, 15) is 22.8 Å². The highest BCUT2D eigenvalue weighted by Gasteiger charge is 2.31. The number of benzene rings is 1. The predicted molar refractivity (Wildman–Crippen MR) is 87.3 cm³/mol. The summed E-state index contributed by atoms with van der Waals surface area (Å²) >= 11 is 8.86. The number of ether oxygens (including phenoxy) is 1. The number of carbonyl (C=O) groups excluding carboxylic acids is 2. The Labute approximate surface area is 153 Å². The average molecular weight is 438 g/mol. The molecule has 132 valence electrons. The maximum absolute atomic E-state index is 12.5. The molecule has 0 spiro atoms. The lowest BCUT2D eigenvalue weighted by Gasteiger charge is -2.10. The average Bonchev–Trinajstić information content (AvgIpc) is 2.53. The molecule has 10 heteroatoms. The fourth-order valence-corrected chi connectivity index (χ4v) is 2.30. The molecule has 0 saturated heterocycles. The summed E-state index contributed by atoms with van der Waals surface area (Å²) in [5, 5.41) is 1.78. The maximum atomic E-state index is 12.5. The van der Waals surface area contributed by atoms with Crippen molar-refractivity contribution in [1.29, 1.82) is 0 Å². The van der Waals surface area contributed by atoms with Crippen molar-refractivity contribution in [3.63, 3.8) is 0 Å². The molecule has 2 aromatic rings. The first kappa shape index (κ1) is 19.2. The summed E-state index contributed by atoms with van der Waals surface area (Å²) in [4.78, 5) is 27.0. The summed E-state index contributed by atoms with van der Waals surface area (Å²) in [5.74, 6) is -1.79. The number of nitrogens with zero attached hydrogens (tertiary/aromatic N) is 1. The number of alkyl halides is 3. The van der Waals surface area contributed by atoms with Crippen molar-refractivity contribution in [2.24, 2.45) is 0 Å². The molecule has 5 nitrogen and oxygen atoms in total. The number of aromatic nitrogens is 1. The second-order valence-corrected chi connectivity index (χ2v) is 6.01. The molecule has 1 N–H and O–H groups in total. The van der Waals surface area contributed by atoms with Gasteiger partial charge in [0, 0.05) is 10.7 Å². The first-order valence-electron chi connectivity index (χ1n) is 6.62. The van der Waals surface area contributed by atoms with E-state index in [0.29, 0.717) is 16.7 Å². The van der Waals surface area contributed by atoms with Gasteiger partial charge in [0.25, 0.3) is 5.91 Å². The van der Waals surface area contributed by atoms with Gasteiger partial charge in [-0.25, -0.2) is 9.78 Å². The van der Waals surface area contributed by atoms with Crippen LogP contribution in [0.25, 0.3) is 0 Å². The molecule has 25 heavy (non-hydrogen) atoms. The molecule has 2 rings (SSSR count). The number of nitrogens with one attached hydrogen (secondary N) is 1. The van der Waals surface area contributed by atoms with E-state index in [-0.39, 0.29) is 16.4 Å². The topological polar surface area (TPSA) is 68.3 Å². The summed E-state index contributed by atoms with van der Waals surface area (Å²) in [6.07, 6.45) is -4.06. The summed E-state index contributed by atoms with van der Waals surface area (Å²) in [6.45, 7) is -0.648. The van der Waals surface area contributed by atoms with Crippen LogP contribution in [0, 0.1) is 0 Å². The highest BCUT2D eigenvalue weighted by Crippen LogP contribution is 2.32. The van der Waals surface area contributed by atoms with Crippen molar-refractivity contribution in [2.75, 3.05) is 11.9 Å².